The lowest BCUT2D eigenvalue weighted by Gasteiger charge is -2.21. The number of hydrogen-bond donors (Lipinski definition) is 2. The lowest BCUT2D eigenvalue weighted by molar-refractivity contribution is 0.0678. The maximum absolute atomic E-state index is 12.1. The number of aromatic nitrogens is 2. The highest BCUT2D eigenvalue weighted by Gasteiger charge is 2.20. The van der Waals surface area contributed by atoms with E-state index >= 15 is 0 Å². The molecule has 8 heteroatoms. The Kier molecular flexibility index (Phi) is 4.92. The van der Waals surface area contributed by atoms with Crippen LogP contribution < -0.4 is 10.5 Å². The Hall–Kier alpha value is -0.960. The van der Waals surface area contributed by atoms with E-state index in [-0.39, 0.29) is 4.90 Å². The molecule has 1 aromatic heterocycles. The largest absolute Gasteiger partial charge is 0.381 e. The molecule has 0 saturated carbocycles. The standard InChI is InChI=1S/C11H20N4O3S/c12-3-4-15-9-11(8-13-15)19(16,17)14-7-10-1-5-18-6-2-10/h8-10,14H,1-7,12H2. The van der Waals surface area contributed by atoms with E-state index in [1.165, 1.54) is 17.1 Å². The second-order valence-corrected chi connectivity index (χ2v) is 6.40. The number of rotatable bonds is 6. The third-order valence-corrected chi connectivity index (χ3v) is 4.56. The number of ether oxygens (including phenoxy) is 1. The number of hydrogen-bond acceptors (Lipinski definition) is 5. The normalized spacial score (nSPS) is 17.7. The first-order valence-electron chi connectivity index (χ1n) is 6.42. The van der Waals surface area contributed by atoms with Crippen LogP contribution in [0.2, 0.25) is 0 Å². The molecule has 2 rings (SSSR count). The van der Waals surface area contributed by atoms with Gasteiger partial charge in [0.2, 0.25) is 10.0 Å². The molecule has 0 radical (unpaired) electrons. The topological polar surface area (TPSA) is 99.2 Å². The number of nitrogens with two attached hydrogens (primary N) is 1. The highest BCUT2D eigenvalue weighted by atomic mass is 32.2. The molecule has 108 valence electrons. The monoisotopic (exact) mass is 288 g/mol. The molecular formula is C11H20N4O3S. The molecule has 0 bridgehead atoms. The maximum atomic E-state index is 12.1. The van der Waals surface area contributed by atoms with Gasteiger partial charge in [0.25, 0.3) is 0 Å². The van der Waals surface area contributed by atoms with Gasteiger partial charge in [-0.25, -0.2) is 13.1 Å². The second-order valence-electron chi connectivity index (χ2n) is 4.64. The van der Waals surface area contributed by atoms with E-state index < -0.39 is 10.0 Å². The van der Waals surface area contributed by atoms with E-state index in [1.807, 2.05) is 0 Å². The van der Waals surface area contributed by atoms with Crippen molar-refractivity contribution in [2.24, 2.45) is 11.7 Å². The van der Waals surface area contributed by atoms with Crippen molar-refractivity contribution < 1.29 is 13.2 Å². The molecule has 1 aliphatic heterocycles. The molecule has 19 heavy (non-hydrogen) atoms. The lowest BCUT2D eigenvalue weighted by atomic mass is 10.0. The van der Waals surface area contributed by atoms with Crippen LogP contribution in [0, 0.1) is 5.92 Å². The summed E-state index contributed by atoms with van der Waals surface area (Å²) in [5.74, 6) is 0.350. The predicted molar refractivity (Wildman–Crippen MR) is 70.0 cm³/mol. The Balaban J connectivity index is 1.92. The third kappa shape index (κ3) is 4.00. The molecule has 0 amide bonds. The first-order valence-corrected chi connectivity index (χ1v) is 7.90. The summed E-state index contributed by atoms with van der Waals surface area (Å²) in [6.45, 7) is 2.81. The van der Waals surface area contributed by atoms with Crippen molar-refractivity contribution in [2.45, 2.75) is 24.3 Å². The summed E-state index contributed by atoms with van der Waals surface area (Å²) in [5.41, 5.74) is 5.40. The summed E-state index contributed by atoms with van der Waals surface area (Å²) in [4.78, 5) is 0.188. The van der Waals surface area contributed by atoms with E-state index in [0.29, 0.717) is 38.8 Å². The van der Waals surface area contributed by atoms with Crippen LogP contribution in [0.5, 0.6) is 0 Å². The van der Waals surface area contributed by atoms with Gasteiger partial charge in [-0.05, 0) is 18.8 Å². The van der Waals surface area contributed by atoms with E-state index in [4.69, 9.17) is 10.5 Å². The van der Waals surface area contributed by atoms with Gasteiger partial charge in [-0.2, -0.15) is 5.10 Å². The molecule has 3 N–H and O–H groups in total. The van der Waals surface area contributed by atoms with Crippen LogP contribution in [-0.4, -0.2) is 44.5 Å². The van der Waals surface area contributed by atoms with Crippen LogP contribution >= 0.6 is 0 Å². The first-order chi connectivity index (χ1) is 9.12. The zero-order chi connectivity index (χ0) is 13.7. The van der Waals surface area contributed by atoms with Crippen LogP contribution in [0.4, 0.5) is 0 Å². The van der Waals surface area contributed by atoms with Gasteiger partial charge in [0.1, 0.15) is 4.90 Å². The molecule has 1 fully saturated rings. The van der Waals surface area contributed by atoms with E-state index in [0.717, 1.165) is 12.8 Å². The molecule has 1 saturated heterocycles. The predicted octanol–water partition coefficient (Wildman–Crippen LogP) is -0.453. The fourth-order valence-corrected chi connectivity index (χ4v) is 3.07. The van der Waals surface area contributed by atoms with Gasteiger partial charge in [-0.3, -0.25) is 4.68 Å². The molecule has 2 heterocycles. The summed E-state index contributed by atoms with van der Waals surface area (Å²) in [6.07, 6.45) is 4.64. The van der Waals surface area contributed by atoms with Crippen molar-refractivity contribution in [3.63, 3.8) is 0 Å². The van der Waals surface area contributed by atoms with Crippen molar-refractivity contribution in [3.05, 3.63) is 12.4 Å². The van der Waals surface area contributed by atoms with Crippen molar-refractivity contribution in [1.82, 2.24) is 14.5 Å². The van der Waals surface area contributed by atoms with E-state index in [2.05, 4.69) is 9.82 Å². The average Bonchev–Trinajstić information content (AvgIpc) is 2.88. The molecule has 0 unspecified atom stereocenters. The minimum atomic E-state index is -3.47. The fourth-order valence-electron chi connectivity index (χ4n) is 2.00. The van der Waals surface area contributed by atoms with Gasteiger partial charge in [0.15, 0.2) is 0 Å². The van der Waals surface area contributed by atoms with Gasteiger partial charge in [-0.1, -0.05) is 0 Å². The third-order valence-electron chi connectivity index (χ3n) is 3.18. The van der Waals surface area contributed by atoms with Crippen LogP contribution in [0.15, 0.2) is 17.3 Å². The van der Waals surface area contributed by atoms with Gasteiger partial charge in [0, 0.05) is 32.5 Å². The van der Waals surface area contributed by atoms with Crippen LogP contribution in [0.1, 0.15) is 12.8 Å². The second kappa shape index (κ2) is 6.47. The van der Waals surface area contributed by atoms with Crippen LogP contribution in [-0.2, 0) is 21.3 Å². The Morgan fingerprint density at radius 2 is 2.21 bits per heavy atom. The van der Waals surface area contributed by atoms with E-state index in [1.54, 1.807) is 0 Å². The van der Waals surface area contributed by atoms with Crippen LogP contribution in [0.25, 0.3) is 0 Å². The SMILES string of the molecule is NCCn1cc(S(=O)(=O)NCC2CCOCC2)cn1. The van der Waals surface area contributed by atoms with Gasteiger partial charge >= 0.3 is 0 Å². The summed E-state index contributed by atoms with van der Waals surface area (Å²) in [7, 11) is -3.47. The Morgan fingerprint density at radius 3 is 2.89 bits per heavy atom. The zero-order valence-electron chi connectivity index (χ0n) is 10.8. The highest BCUT2D eigenvalue weighted by molar-refractivity contribution is 7.89. The highest BCUT2D eigenvalue weighted by Crippen LogP contribution is 2.15. The molecule has 7 nitrogen and oxygen atoms in total. The fraction of sp³-hybridized carbons (Fsp3) is 0.727. The molecule has 0 spiro atoms. The van der Waals surface area contributed by atoms with Crippen molar-refractivity contribution in [2.75, 3.05) is 26.3 Å². The summed E-state index contributed by atoms with van der Waals surface area (Å²) in [6, 6.07) is 0. The smallest absolute Gasteiger partial charge is 0.243 e. The Bertz CT molecular complexity index is 494. The minimum absolute atomic E-state index is 0.188. The Labute approximate surface area is 113 Å². The van der Waals surface area contributed by atoms with Gasteiger partial charge in [-0.15, -0.1) is 0 Å². The Morgan fingerprint density at radius 1 is 1.47 bits per heavy atom. The number of sulfonamides is 1. The minimum Gasteiger partial charge on any atom is -0.381 e. The quantitative estimate of drug-likeness (QED) is 0.738. The van der Waals surface area contributed by atoms with Crippen molar-refractivity contribution >= 4 is 10.0 Å². The first kappa shape index (κ1) is 14.4. The summed E-state index contributed by atoms with van der Waals surface area (Å²) in [5, 5.41) is 3.96. The summed E-state index contributed by atoms with van der Waals surface area (Å²) >= 11 is 0. The molecular weight excluding hydrogens is 268 g/mol. The molecule has 0 aromatic carbocycles. The molecule has 1 aromatic rings. The summed E-state index contributed by atoms with van der Waals surface area (Å²) < 4.78 is 33.5. The molecule has 1 aliphatic rings. The van der Waals surface area contributed by atoms with E-state index in [9.17, 15) is 8.42 Å². The van der Waals surface area contributed by atoms with Crippen molar-refractivity contribution in [1.29, 1.82) is 0 Å². The zero-order valence-corrected chi connectivity index (χ0v) is 11.6. The molecule has 0 aliphatic carbocycles. The lowest BCUT2D eigenvalue weighted by Crippen LogP contribution is -2.32. The maximum Gasteiger partial charge on any atom is 0.243 e. The van der Waals surface area contributed by atoms with Gasteiger partial charge in [0.05, 0.1) is 12.7 Å². The number of nitrogens with one attached hydrogen (secondary N) is 1. The van der Waals surface area contributed by atoms with Gasteiger partial charge < -0.3 is 10.5 Å². The van der Waals surface area contributed by atoms with Crippen molar-refractivity contribution in [3.8, 4) is 0 Å². The van der Waals surface area contributed by atoms with Crippen LogP contribution in [0.3, 0.4) is 0 Å². The number of nitrogens with zero attached hydrogens (tertiary/aromatic N) is 2. The molecule has 0 atom stereocenters. The average molecular weight is 288 g/mol.